The van der Waals surface area contributed by atoms with Gasteiger partial charge in [0, 0.05) is 5.69 Å². The number of thioether (sulfide) groups is 1. The van der Waals surface area contributed by atoms with Crippen molar-refractivity contribution in [3.05, 3.63) is 59.7 Å². The summed E-state index contributed by atoms with van der Waals surface area (Å²) in [6.07, 6.45) is 1.00. The van der Waals surface area contributed by atoms with E-state index in [-0.39, 0.29) is 11.3 Å². The Morgan fingerprint density at radius 1 is 1.23 bits per heavy atom. The molecule has 1 aliphatic rings. The van der Waals surface area contributed by atoms with Crippen LogP contribution in [0.25, 0.3) is 0 Å². The van der Waals surface area contributed by atoms with E-state index in [1.807, 2.05) is 41.3 Å². The lowest BCUT2D eigenvalue weighted by molar-refractivity contribution is -0.115. The van der Waals surface area contributed by atoms with Crippen LogP contribution in [-0.2, 0) is 11.2 Å². The van der Waals surface area contributed by atoms with Gasteiger partial charge in [0.05, 0.1) is 12.9 Å². The van der Waals surface area contributed by atoms with Crippen molar-refractivity contribution < 1.29 is 9.53 Å². The van der Waals surface area contributed by atoms with E-state index >= 15 is 0 Å². The first-order valence-electron chi connectivity index (χ1n) is 7.39. The van der Waals surface area contributed by atoms with Crippen LogP contribution in [-0.4, -0.2) is 18.8 Å². The van der Waals surface area contributed by atoms with Gasteiger partial charge in [-0.1, -0.05) is 31.2 Å². The van der Waals surface area contributed by atoms with E-state index in [4.69, 9.17) is 4.74 Å². The van der Waals surface area contributed by atoms with Crippen molar-refractivity contribution >= 4 is 23.4 Å². The second-order valence-corrected chi connectivity index (χ2v) is 6.29. The topological polar surface area (TPSA) is 29.5 Å². The molecule has 2 aromatic carbocycles. The fraction of sp³-hybridized carbons (Fsp3) is 0.278. The monoisotopic (exact) mass is 313 g/mol. The molecule has 1 amide bonds. The second-order valence-electron chi connectivity index (χ2n) is 5.22. The number of hydrogen-bond donors (Lipinski definition) is 0. The third-order valence-corrected chi connectivity index (χ3v) is 5.08. The lowest BCUT2D eigenvalue weighted by atomic mass is 10.1. The van der Waals surface area contributed by atoms with Crippen LogP contribution in [0.4, 0.5) is 5.69 Å². The summed E-state index contributed by atoms with van der Waals surface area (Å²) in [7, 11) is 1.66. The van der Waals surface area contributed by atoms with Crippen LogP contribution >= 0.6 is 11.8 Å². The predicted molar refractivity (Wildman–Crippen MR) is 91.5 cm³/mol. The minimum Gasteiger partial charge on any atom is -0.497 e. The maximum atomic E-state index is 12.3. The molecule has 0 radical (unpaired) electrons. The lowest BCUT2D eigenvalue weighted by Gasteiger charge is -2.24. The van der Waals surface area contributed by atoms with Crippen molar-refractivity contribution in [3.63, 3.8) is 0 Å². The van der Waals surface area contributed by atoms with Crippen LogP contribution in [0, 0.1) is 0 Å². The van der Waals surface area contributed by atoms with Gasteiger partial charge in [-0.25, -0.2) is 0 Å². The summed E-state index contributed by atoms with van der Waals surface area (Å²) in [6.45, 7) is 2.13. The highest BCUT2D eigenvalue weighted by atomic mass is 32.2. The van der Waals surface area contributed by atoms with Gasteiger partial charge >= 0.3 is 0 Å². The summed E-state index contributed by atoms with van der Waals surface area (Å²) < 4.78 is 5.30. The first kappa shape index (κ1) is 15.0. The highest BCUT2D eigenvalue weighted by molar-refractivity contribution is 8.00. The molecular formula is C18H19NO2S. The van der Waals surface area contributed by atoms with E-state index in [0.717, 1.165) is 23.4 Å². The number of ether oxygens (including phenoxy) is 1. The Labute approximate surface area is 135 Å². The zero-order chi connectivity index (χ0) is 15.5. The zero-order valence-electron chi connectivity index (χ0n) is 12.8. The Balaban J connectivity index is 1.94. The molecule has 0 aromatic heterocycles. The summed E-state index contributed by atoms with van der Waals surface area (Å²) in [6, 6.07) is 16.2. The van der Waals surface area contributed by atoms with Gasteiger partial charge in [0.2, 0.25) is 5.91 Å². The van der Waals surface area contributed by atoms with Crippen molar-refractivity contribution in [2.75, 3.05) is 17.8 Å². The molecule has 0 spiro atoms. The number of hydrogen-bond acceptors (Lipinski definition) is 3. The van der Waals surface area contributed by atoms with Crippen LogP contribution < -0.4 is 9.64 Å². The van der Waals surface area contributed by atoms with E-state index in [9.17, 15) is 4.79 Å². The fourth-order valence-electron chi connectivity index (χ4n) is 2.64. The number of rotatable bonds is 4. The highest BCUT2D eigenvalue weighted by Gasteiger charge is 2.34. The molecule has 3 nitrogen and oxygen atoms in total. The molecule has 114 valence electrons. The average molecular weight is 313 g/mol. The summed E-state index contributed by atoms with van der Waals surface area (Å²) in [5, 5.41) is 0.00933. The number of amides is 1. The molecule has 1 aliphatic heterocycles. The number of carbonyl (C=O) groups is 1. The molecule has 0 aliphatic carbocycles. The number of anilines is 1. The van der Waals surface area contributed by atoms with Gasteiger partial charge in [0.1, 0.15) is 11.1 Å². The van der Waals surface area contributed by atoms with Crippen LogP contribution in [0.15, 0.2) is 48.5 Å². The molecule has 1 saturated heterocycles. The quantitative estimate of drug-likeness (QED) is 0.853. The van der Waals surface area contributed by atoms with Crippen molar-refractivity contribution in [1.82, 2.24) is 0 Å². The lowest BCUT2D eigenvalue weighted by Crippen LogP contribution is -2.27. The largest absolute Gasteiger partial charge is 0.497 e. The Morgan fingerprint density at radius 2 is 2.00 bits per heavy atom. The Morgan fingerprint density at radius 3 is 2.68 bits per heavy atom. The minimum atomic E-state index is 0.00933. The van der Waals surface area contributed by atoms with Crippen LogP contribution in [0.2, 0.25) is 0 Å². The summed E-state index contributed by atoms with van der Waals surface area (Å²) >= 11 is 1.66. The van der Waals surface area contributed by atoms with E-state index < -0.39 is 0 Å². The Kier molecular flexibility index (Phi) is 4.39. The van der Waals surface area contributed by atoms with Gasteiger partial charge in [-0.3, -0.25) is 9.69 Å². The smallest absolute Gasteiger partial charge is 0.238 e. The summed E-state index contributed by atoms with van der Waals surface area (Å²) in [4.78, 5) is 14.2. The van der Waals surface area contributed by atoms with Crippen molar-refractivity contribution in [1.29, 1.82) is 0 Å². The van der Waals surface area contributed by atoms with Gasteiger partial charge < -0.3 is 4.74 Å². The zero-order valence-corrected chi connectivity index (χ0v) is 13.6. The minimum absolute atomic E-state index is 0.00933. The standard InChI is InChI=1S/C18H19NO2S/c1-3-13-7-9-15(10-8-13)19-17(20)12-22-18(19)14-5-4-6-16(11-14)21-2/h4-11,18H,3,12H2,1-2H3/t18-/m1/s1. The molecule has 2 aromatic rings. The predicted octanol–water partition coefficient (Wildman–Crippen LogP) is 4.04. The summed E-state index contributed by atoms with van der Waals surface area (Å²) in [5.74, 6) is 1.48. The Bertz CT molecular complexity index is 669. The molecule has 0 N–H and O–H groups in total. The Hall–Kier alpha value is -1.94. The van der Waals surface area contributed by atoms with Crippen molar-refractivity contribution in [2.24, 2.45) is 0 Å². The van der Waals surface area contributed by atoms with Gasteiger partial charge in [-0.05, 0) is 41.8 Å². The molecule has 0 unspecified atom stereocenters. The van der Waals surface area contributed by atoms with Crippen LogP contribution in [0.1, 0.15) is 23.4 Å². The number of benzene rings is 2. The molecule has 1 fully saturated rings. The van der Waals surface area contributed by atoms with Crippen LogP contribution in [0.3, 0.4) is 0 Å². The molecule has 4 heteroatoms. The van der Waals surface area contributed by atoms with E-state index in [0.29, 0.717) is 5.75 Å². The third-order valence-electron chi connectivity index (χ3n) is 3.87. The molecule has 1 atom stereocenters. The molecule has 0 saturated carbocycles. The molecular weight excluding hydrogens is 294 g/mol. The van der Waals surface area contributed by atoms with Crippen molar-refractivity contribution in [2.45, 2.75) is 18.7 Å². The van der Waals surface area contributed by atoms with Crippen LogP contribution in [0.5, 0.6) is 5.75 Å². The van der Waals surface area contributed by atoms with Gasteiger partial charge in [0.15, 0.2) is 0 Å². The number of aryl methyl sites for hydroxylation is 1. The van der Waals surface area contributed by atoms with Gasteiger partial charge in [-0.15, -0.1) is 11.8 Å². The molecule has 0 bridgehead atoms. The van der Waals surface area contributed by atoms with E-state index in [2.05, 4.69) is 19.1 Å². The number of nitrogens with zero attached hydrogens (tertiary/aromatic N) is 1. The summed E-state index contributed by atoms with van der Waals surface area (Å²) in [5.41, 5.74) is 3.33. The number of methoxy groups -OCH3 is 1. The van der Waals surface area contributed by atoms with Gasteiger partial charge in [0.25, 0.3) is 0 Å². The molecule has 3 rings (SSSR count). The van der Waals surface area contributed by atoms with E-state index in [1.165, 1.54) is 5.56 Å². The fourth-order valence-corrected chi connectivity index (χ4v) is 3.80. The average Bonchev–Trinajstić information content (AvgIpc) is 2.96. The van der Waals surface area contributed by atoms with Gasteiger partial charge in [-0.2, -0.15) is 0 Å². The SMILES string of the molecule is CCc1ccc(N2C(=O)CS[C@@H]2c2cccc(OC)c2)cc1. The normalized spacial score (nSPS) is 17.8. The maximum Gasteiger partial charge on any atom is 0.238 e. The number of carbonyl (C=O) groups excluding carboxylic acids is 1. The van der Waals surface area contributed by atoms with Crippen molar-refractivity contribution in [3.8, 4) is 5.75 Å². The maximum absolute atomic E-state index is 12.3. The highest BCUT2D eigenvalue weighted by Crippen LogP contribution is 2.42. The first-order chi connectivity index (χ1) is 10.7. The third kappa shape index (κ3) is 2.83. The molecule has 1 heterocycles. The van der Waals surface area contributed by atoms with E-state index in [1.54, 1.807) is 18.9 Å². The molecule has 22 heavy (non-hydrogen) atoms. The second kappa shape index (κ2) is 6.44. The first-order valence-corrected chi connectivity index (χ1v) is 8.44.